The van der Waals surface area contributed by atoms with Crippen molar-refractivity contribution in [3.8, 4) is 0 Å². The van der Waals surface area contributed by atoms with Gasteiger partial charge in [-0.1, -0.05) is 0 Å². The second-order valence-electron chi connectivity index (χ2n) is 4.83. The van der Waals surface area contributed by atoms with E-state index in [4.69, 9.17) is 5.73 Å². The molecule has 0 radical (unpaired) electrons. The molecule has 0 saturated heterocycles. The van der Waals surface area contributed by atoms with Gasteiger partial charge in [-0.15, -0.1) is 0 Å². The second-order valence-corrected chi connectivity index (χ2v) is 4.83. The number of hydrogen-bond acceptors (Lipinski definition) is 3. The van der Waals surface area contributed by atoms with Crippen LogP contribution in [0.3, 0.4) is 0 Å². The third kappa shape index (κ3) is 1.56. The zero-order chi connectivity index (χ0) is 11.2. The number of anilines is 1. The van der Waals surface area contributed by atoms with Crippen LogP contribution >= 0.6 is 0 Å². The molecule has 0 spiro atoms. The zero-order valence-corrected chi connectivity index (χ0v) is 9.57. The maximum absolute atomic E-state index is 5.90. The van der Waals surface area contributed by atoms with Crippen molar-refractivity contribution in [2.24, 2.45) is 0 Å². The Bertz CT molecular complexity index is 505. The van der Waals surface area contributed by atoms with Gasteiger partial charge in [-0.3, -0.25) is 4.57 Å². The van der Waals surface area contributed by atoms with Crippen molar-refractivity contribution >= 4 is 17.1 Å². The maximum Gasteiger partial charge on any atom is 0.202 e. The molecular weight excluding hydrogens is 188 g/mol. The molecule has 0 aliphatic rings. The lowest BCUT2D eigenvalue weighted by atomic mass is 10.1. The predicted octanol–water partition coefficient (Wildman–Crippen LogP) is 2.08. The van der Waals surface area contributed by atoms with Crippen LogP contribution in [0, 0.1) is 6.92 Å². The molecule has 4 nitrogen and oxygen atoms in total. The van der Waals surface area contributed by atoms with Crippen LogP contribution in [0.1, 0.15) is 26.3 Å². The number of rotatable bonds is 0. The number of nitrogens with two attached hydrogens (primary N) is 1. The topological polar surface area (TPSA) is 56.7 Å². The molecule has 0 aromatic carbocycles. The summed E-state index contributed by atoms with van der Waals surface area (Å²) in [7, 11) is 0. The normalized spacial score (nSPS) is 12.3. The Morgan fingerprint density at radius 2 is 2.00 bits per heavy atom. The second kappa shape index (κ2) is 2.95. The molecule has 0 atom stereocenters. The summed E-state index contributed by atoms with van der Waals surface area (Å²) in [5, 5.41) is 0. The number of hydrogen-bond donors (Lipinski definition) is 1. The van der Waals surface area contributed by atoms with Crippen molar-refractivity contribution < 1.29 is 0 Å². The van der Waals surface area contributed by atoms with Gasteiger partial charge >= 0.3 is 0 Å². The van der Waals surface area contributed by atoms with E-state index in [0.29, 0.717) is 5.95 Å². The number of nitrogen functional groups attached to an aromatic ring is 1. The van der Waals surface area contributed by atoms with Gasteiger partial charge in [0.25, 0.3) is 0 Å². The van der Waals surface area contributed by atoms with E-state index in [1.165, 1.54) is 0 Å². The fraction of sp³-hybridized carbons (Fsp3) is 0.455. The van der Waals surface area contributed by atoms with E-state index >= 15 is 0 Å². The number of imidazole rings is 1. The van der Waals surface area contributed by atoms with Crippen LogP contribution in [-0.4, -0.2) is 14.5 Å². The SMILES string of the molecule is Cc1cnc2c(c1)nc(N)n2C(C)(C)C. The third-order valence-electron chi connectivity index (χ3n) is 2.33. The van der Waals surface area contributed by atoms with Crippen LogP contribution in [0.5, 0.6) is 0 Å². The number of pyridine rings is 1. The first-order valence-corrected chi connectivity index (χ1v) is 5.00. The molecule has 2 N–H and O–H groups in total. The van der Waals surface area contributed by atoms with Gasteiger partial charge in [-0.05, 0) is 39.3 Å². The van der Waals surface area contributed by atoms with Crippen molar-refractivity contribution in [2.75, 3.05) is 5.73 Å². The van der Waals surface area contributed by atoms with Crippen LogP contribution in [0.25, 0.3) is 11.2 Å². The van der Waals surface area contributed by atoms with Crippen LogP contribution in [0.2, 0.25) is 0 Å². The number of aromatic nitrogens is 3. The monoisotopic (exact) mass is 204 g/mol. The van der Waals surface area contributed by atoms with Crippen molar-refractivity contribution in [1.29, 1.82) is 0 Å². The third-order valence-corrected chi connectivity index (χ3v) is 2.33. The van der Waals surface area contributed by atoms with Crippen molar-refractivity contribution in [1.82, 2.24) is 14.5 Å². The Balaban J connectivity index is 2.80. The maximum atomic E-state index is 5.90. The number of fused-ring (bicyclic) bond motifs is 1. The molecule has 0 unspecified atom stereocenters. The van der Waals surface area contributed by atoms with E-state index < -0.39 is 0 Å². The largest absolute Gasteiger partial charge is 0.369 e. The Kier molecular flexibility index (Phi) is 1.96. The van der Waals surface area contributed by atoms with E-state index in [1.807, 2.05) is 23.8 Å². The molecule has 2 heterocycles. The summed E-state index contributed by atoms with van der Waals surface area (Å²) in [5.74, 6) is 0.524. The lowest BCUT2D eigenvalue weighted by molar-refractivity contribution is 0.412. The van der Waals surface area contributed by atoms with Crippen LogP contribution in [0.15, 0.2) is 12.3 Å². The average molecular weight is 204 g/mol. The van der Waals surface area contributed by atoms with E-state index in [1.54, 1.807) is 0 Å². The van der Waals surface area contributed by atoms with E-state index in [0.717, 1.165) is 16.7 Å². The molecule has 2 rings (SSSR count). The summed E-state index contributed by atoms with van der Waals surface area (Å²) in [6.07, 6.45) is 1.84. The first-order valence-electron chi connectivity index (χ1n) is 5.00. The van der Waals surface area contributed by atoms with Crippen molar-refractivity contribution in [3.63, 3.8) is 0 Å². The average Bonchev–Trinajstić information content (AvgIpc) is 2.38. The molecule has 15 heavy (non-hydrogen) atoms. The van der Waals surface area contributed by atoms with Gasteiger partial charge in [-0.25, -0.2) is 9.97 Å². The molecule has 2 aromatic heterocycles. The minimum atomic E-state index is -0.0961. The molecule has 0 fully saturated rings. The first kappa shape index (κ1) is 9.96. The van der Waals surface area contributed by atoms with Gasteiger partial charge in [0, 0.05) is 11.7 Å². The van der Waals surface area contributed by atoms with Crippen LogP contribution < -0.4 is 5.73 Å². The van der Waals surface area contributed by atoms with Crippen LogP contribution in [-0.2, 0) is 5.54 Å². The molecule has 0 aliphatic heterocycles. The lowest BCUT2D eigenvalue weighted by Gasteiger charge is -2.22. The highest BCUT2D eigenvalue weighted by molar-refractivity contribution is 5.75. The lowest BCUT2D eigenvalue weighted by Crippen LogP contribution is -2.23. The zero-order valence-electron chi connectivity index (χ0n) is 9.57. The van der Waals surface area contributed by atoms with Crippen LogP contribution in [0.4, 0.5) is 5.95 Å². The summed E-state index contributed by atoms with van der Waals surface area (Å²) >= 11 is 0. The van der Waals surface area contributed by atoms with Gasteiger partial charge in [0.15, 0.2) is 5.65 Å². The van der Waals surface area contributed by atoms with E-state index in [2.05, 4.69) is 30.7 Å². The highest BCUT2D eigenvalue weighted by Gasteiger charge is 2.20. The molecule has 80 valence electrons. The summed E-state index contributed by atoms with van der Waals surface area (Å²) in [6, 6.07) is 2.00. The van der Waals surface area contributed by atoms with Gasteiger partial charge in [0.1, 0.15) is 5.52 Å². The molecule has 0 amide bonds. The minimum Gasteiger partial charge on any atom is -0.369 e. The summed E-state index contributed by atoms with van der Waals surface area (Å²) in [5.41, 5.74) is 8.62. The quantitative estimate of drug-likeness (QED) is 0.714. The molecule has 4 heteroatoms. The van der Waals surface area contributed by atoms with Crippen molar-refractivity contribution in [2.45, 2.75) is 33.2 Å². The molecule has 2 aromatic rings. The first-order chi connectivity index (χ1) is 6.89. The molecule has 0 aliphatic carbocycles. The Labute approximate surface area is 89.1 Å². The Morgan fingerprint density at radius 1 is 1.33 bits per heavy atom. The van der Waals surface area contributed by atoms with Gasteiger partial charge in [0.2, 0.25) is 5.95 Å². The fourth-order valence-electron chi connectivity index (χ4n) is 1.74. The highest BCUT2D eigenvalue weighted by Crippen LogP contribution is 2.25. The fourth-order valence-corrected chi connectivity index (χ4v) is 1.74. The summed E-state index contributed by atoms with van der Waals surface area (Å²) < 4.78 is 1.96. The number of aryl methyl sites for hydroxylation is 1. The molecular formula is C11H16N4. The molecule has 0 bridgehead atoms. The number of nitrogens with zero attached hydrogens (tertiary/aromatic N) is 3. The Morgan fingerprint density at radius 3 is 2.60 bits per heavy atom. The van der Waals surface area contributed by atoms with E-state index in [9.17, 15) is 0 Å². The van der Waals surface area contributed by atoms with Crippen molar-refractivity contribution in [3.05, 3.63) is 17.8 Å². The highest BCUT2D eigenvalue weighted by atomic mass is 15.2. The summed E-state index contributed by atoms with van der Waals surface area (Å²) in [4.78, 5) is 8.71. The van der Waals surface area contributed by atoms with Gasteiger partial charge in [0.05, 0.1) is 0 Å². The van der Waals surface area contributed by atoms with E-state index in [-0.39, 0.29) is 5.54 Å². The minimum absolute atomic E-state index is 0.0961. The Hall–Kier alpha value is -1.58. The molecule has 0 saturated carbocycles. The smallest absolute Gasteiger partial charge is 0.202 e. The predicted molar refractivity (Wildman–Crippen MR) is 61.7 cm³/mol. The van der Waals surface area contributed by atoms with Gasteiger partial charge < -0.3 is 5.73 Å². The summed E-state index contributed by atoms with van der Waals surface area (Å²) in [6.45, 7) is 8.27. The standard InChI is InChI=1S/C11H16N4/c1-7-5-8-9(13-6-7)15(10(12)14-8)11(2,3)4/h5-6H,1-4H3,(H2,12,14). The van der Waals surface area contributed by atoms with Gasteiger partial charge in [-0.2, -0.15) is 0 Å².